The molecule has 0 aliphatic rings. The van der Waals surface area contributed by atoms with Gasteiger partial charge in [0, 0.05) is 21.6 Å². The number of hydrogen-bond donors (Lipinski definition) is 1. The van der Waals surface area contributed by atoms with Crippen LogP contribution >= 0.6 is 43.2 Å². The van der Waals surface area contributed by atoms with Gasteiger partial charge in [0.1, 0.15) is 0 Å². The smallest absolute Gasteiger partial charge is 0.0843 e. The second-order valence-corrected chi connectivity index (χ2v) is 6.87. The summed E-state index contributed by atoms with van der Waals surface area (Å²) < 4.78 is 2.27. The van der Waals surface area contributed by atoms with E-state index in [4.69, 9.17) is 0 Å². The molecule has 1 nitrogen and oxygen atoms in total. The molecule has 2 rings (SSSR count). The zero-order valence-electron chi connectivity index (χ0n) is 8.76. The Hall–Kier alpha value is -0.320. The Bertz CT molecular complexity index is 474. The van der Waals surface area contributed by atoms with Crippen LogP contribution in [0.5, 0.6) is 0 Å². The number of nitrogens with one attached hydrogen (secondary N) is 1. The molecule has 0 radical (unpaired) electrons. The van der Waals surface area contributed by atoms with E-state index in [1.807, 2.05) is 0 Å². The van der Waals surface area contributed by atoms with Crippen LogP contribution in [0.15, 0.2) is 38.6 Å². The first-order valence-electron chi connectivity index (χ1n) is 4.89. The van der Waals surface area contributed by atoms with Gasteiger partial charge in [-0.25, -0.2) is 0 Å². The highest BCUT2D eigenvalue weighted by atomic mass is 79.9. The molecule has 0 spiro atoms. The van der Waals surface area contributed by atoms with Crippen molar-refractivity contribution in [2.75, 3.05) is 5.32 Å². The summed E-state index contributed by atoms with van der Waals surface area (Å²) in [7, 11) is 0. The summed E-state index contributed by atoms with van der Waals surface area (Å²) in [6.45, 7) is 2.96. The van der Waals surface area contributed by atoms with Gasteiger partial charge in [-0.15, -0.1) is 11.3 Å². The molecule has 0 atom stereocenters. The maximum atomic E-state index is 3.50. The second-order valence-electron chi connectivity index (χ2n) is 3.56. The Labute approximate surface area is 116 Å². The van der Waals surface area contributed by atoms with Crippen LogP contribution in [0.2, 0.25) is 0 Å². The van der Waals surface area contributed by atoms with E-state index in [-0.39, 0.29) is 0 Å². The van der Waals surface area contributed by atoms with Gasteiger partial charge in [0.15, 0.2) is 0 Å². The van der Waals surface area contributed by atoms with Crippen molar-refractivity contribution in [3.05, 3.63) is 49.0 Å². The van der Waals surface area contributed by atoms with Crippen molar-refractivity contribution < 1.29 is 0 Å². The molecule has 1 heterocycles. The van der Waals surface area contributed by atoms with Crippen LogP contribution in [0.25, 0.3) is 0 Å². The normalized spacial score (nSPS) is 10.4. The van der Waals surface area contributed by atoms with E-state index in [1.54, 1.807) is 11.3 Å². The van der Waals surface area contributed by atoms with E-state index in [1.165, 1.54) is 16.1 Å². The second kappa shape index (κ2) is 5.34. The molecule has 0 aliphatic heterocycles. The first kappa shape index (κ1) is 12.1. The van der Waals surface area contributed by atoms with Gasteiger partial charge in [-0.3, -0.25) is 0 Å². The third-order valence-corrected chi connectivity index (χ3v) is 5.44. The van der Waals surface area contributed by atoms with Crippen LogP contribution in [-0.4, -0.2) is 0 Å². The largest absolute Gasteiger partial charge is 0.380 e. The van der Waals surface area contributed by atoms with Crippen molar-refractivity contribution in [3.8, 4) is 0 Å². The van der Waals surface area contributed by atoms with Crippen molar-refractivity contribution in [1.29, 1.82) is 0 Å². The Morgan fingerprint density at radius 1 is 1.25 bits per heavy atom. The minimum absolute atomic E-state index is 0.859. The molecule has 1 aromatic carbocycles. The number of anilines is 1. The highest BCUT2D eigenvalue weighted by Gasteiger charge is 2.03. The van der Waals surface area contributed by atoms with E-state index < -0.39 is 0 Å². The summed E-state index contributed by atoms with van der Waals surface area (Å²) in [5, 5.41) is 3.41. The third-order valence-electron chi connectivity index (χ3n) is 2.18. The summed E-state index contributed by atoms with van der Waals surface area (Å²) in [6.07, 6.45) is 0. The lowest BCUT2D eigenvalue weighted by Crippen LogP contribution is -1.97. The summed E-state index contributed by atoms with van der Waals surface area (Å²) in [5.74, 6) is 0. The fourth-order valence-electron chi connectivity index (χ4n) is 1.42. The average molecular weight is 361 g/mol. The molecule has 0 unspecified atom stereocenters. The first-order valence-corrected chi connectivity index (χ1v) is 7.29. The zero-order valence-corrected chi connectivity index (χ0v) is 12.7. The Morgan fingerprint density at radius 3 is 2.69 bits per heavy atom. The molecular weight excluding hydrogens is 350 g/mol. The molecule has 4 heteroatoms. The van der Waals surface area contributed by atoms with Gasteiger partial charge >= 0.3 is 0 Å². The van der Waals surface area contributed by atoms with Crippen molar-refractivity contribution in [3.63, 3.8) is 0 Å². The lowest BCUT2D eigenvalue weighted by molar-refractivity contribution is 1.19. The molecule has 84 valence electrons. The van der Waals surface area contributed by atoms with Gasteiger partial charge in [0.25, 0.3) is 0 Å². The number of thiophene rings is 1. The van der Waals surface area contributed by atoms with Crippen molar-refractivity contribution in [2.45, 2.75) is 13.5 Å². The fraction of sp³-hybridized carbons (Fsp3) is 0.167. The zero-order chi connectivity index (χ0) is 11.5. The maximum absolute atomic E-state index is 3.50. The summed E-state index contributed by atoms with van der Waals surface area (Å²) >= 11 is 8.73. The highest BCUT2D eigenvalue weighted by molar-refractivity contribution is 9.13. The average Bonchev–Trinajstić information content (AvgIpc) is 2.56. The number of rotatable bonds is 3. The predicted octanol–water partition coefficient (Wildman–Crippen LogP) is 5.19. The van der Waals surface area contributed by atoms with E-state index in [0.717, 1.165) is 14.8 Å². The van der Waals surface area contributed by atoms with E-state index in [0.29, 0.717) is 0 Å². The quantitative estimate of drug-likeness (QED) is 0.793. The fourth-order valence-corrected chi connectivity index (χ4v) is 3.54. The number of aryl methyl sites for hydroxylation is 1. The lowest BCUT2D eigenvalue weighted by atomic mass is 10.2. The summed E-state index contributed by atoms with van der Waals surface area (Å²) in [5.41, 5.74) is 2.44. The van der Waals surface area contributed by atoms with E-state index in [2.05, 4.69) is 74.4 Å². The van der Waals surface area contributed by atoms with Gasteiger partial charge in [-0.05, 0) is 62.5 Å². The Kier molecular flexibility index (Phi) is 4.05. The van der Waals surface area contributed by atoms with Crippen molar-refractivity contribution >= 4 is 48.9 Å². The molecule has 0 fully saturated rings. The molecule has 2 aromatic rings. The molecule has 0 aliphatic carbocycles. The summed E-state index contributed by atoms with van der Waals surface area (Å²) in [4.78, 5) is 1.31. The van der Waals surface area contributed by atoms with Crippen molar-refractivity contribution in [1.82, 2.24) is 0 Å². The minimum Gasteiger partial charge on any atom is -0.380 e. The standard InChI is InChI=1S/C12H11Br2NS/c1-8-3-2-4-9(5-8)15-7-10-6-11(13)12(14)16-10/h2-6,15H,7H2,1H3. The van der Waals surface area contributed by atoms with Crippen LogP contribution in [-0.2, 0) is 6.54 Å². The van der Waals surface area contributed by atoms with Crippen LogP contribution in [0.4, 0.5) is 5.69 Å². The first-order chi connectivity index (χ1) is 7.65. The van der Waals surface area contributed by atoms with Gasteiger partial charge < -0.3 is 5.32 Å². The third kappa shape index (κ3) is 3.09. The summed E-state index contributed by atoms with van der Waals surface area (Å²) in [6, 6.07) is 10.5. The Balaban J connectivity index is 2.02. The number of benzene rings is 1. The van der Waals surface area contributed by atoms with Gasteiger partial charge in [0.05, 0.1) is 3.79 Å². The van der Waals surface area contributed by atoms with Gasteiger partial charge in [0.2, 0.25) is 0 Å². The highest BCUT2D eigenvalue weighted by Crippen LogP contribution is 2.32. The minimum atomic E-state index is 0.859. The van der Waals surface area contributed by atoms with Gasteiger partial charge in [-0.2, -0.15) is 0 Å². The van der Waals surface area contributed by atoms with Gasteiger partial charge in [-0.1, -0.05) is 12.1 Å². The van der Waals surface area contributed by atoms with E-state index >= 15 is 0 Å². The topological polar surface area (TPSA) is 12.0 Å². The predicted molar refractivity (Wildman–Crippen MR) is 78.2 cm³/mol. The van der Waals surface area contributed by atoms with Crippen LogP contribution < -0.4 is 5.32 Å². The molecule has 16 heavy (non-hydrogen) atoms. The van der Waals surface area contributed by atoms with Crippen LogP contribution in [0.1, 0.15) is 10.4 Å². The molecule has 1 aromatic heterocycles. The monoisotopic (exact) mass is 359 g/mol. The Morgan fingerprint density at radius 2 is 2.06 bits per heavy atom. The molecule has 0 amide bonds. The molecular formula is C12H11Br2NS. The molecule has 0 saturated carbocycles. The number of halogens is 2. The SMILES string of the molecule is Cc1cccc(NCc2cc(Br)c(Br)s2)c1. The molecule has 1 N–H and O–H groups in total. The lowest BCUT2D eigenvalue weighted by Gasteiger charge is -2.05. The van der Waals surface area contributed by atoms with E-state index in [9.17, 15) is 0 Å². The molecule has 0 bridgehead atoms. The molecule has 0 saturated heterocycles. The van der Waals surface area contributed by atoms with Crippen molar-refractivity contribution in [2.24, 2.45) is 0 Å². The maximum Gasteiger partial charge on any atom is 0.0843 e. The van der Waals surface area contributed by atoms with Crippen LogP contribution in [0, 0.1) is 6.92 Å². The number of hydrogen-bond acceptors (Lipinski definition) is 2. The van der Waals surface area contributed by atoms with Crippen LogP contribution in [0.3, 0.4) is 0 Å².